The number of fused-ring (bicyclic) bond motifs is 1. The number of allylic oxidation sites excluding steroid dienone is 1. The second kappa shape index (κ2) is 7.72. The van der Waals surface area contributed by atoms with Crippen LogP contribution >= 0.6 is 11.6 Å². The van der Waals surface area contributed by atoms with Crippen LogP contribution in [0.2, 0.25) is 5.02 Å². The lowest BCUT2D eigenvalue weighted by atomic mass is 10.0. The van der Waals surface area contributed by atoms with Gasteiger partial charge in [0.1, 0.15) is 5.82 Å². The Bertz CT molecular complexity index is 1030. The van der Waals surface area contributed by atoms with Crippen molar-refractivity contribution in [3.05, 3.63) is 100 Å². The van der Waals surface area contributed by atoms with Crippen LogP contribution in [0.1, 0.15) is 22.4 Å². The van der Waals surface area contributed by atoms with Crippen molar-refractivity contribution in [1.29, 1.82) is 0 Å². The first-order valence-corrected chi connectivity index (χ1v) is 9.01. The van der Waals surface area contributed by atoms with Gasteiger partial charge in [-0.1, -0.05) is 23.7 Å². The summed E-state index contributed by atoms with van der Waals surface area (Å²) in [4.78, 5) is 8.90. The quantitative estimate of drug-likeness (QED) is 0.637. The lowest BCUT2D eigenvalue weighted by molar-refractivity contribution is 0.626. The van der Waals surface area contributed by atoms with Gasteiger partial charge < -0.3 is 5.32 Å². The number of nitrogens with one attached hydrogen (secondary N) is 1. The minimum atomic E-state index is -0.292. The van der Waals surface area contributed by atoms with Gasteiger partial charge in [-0.25, -0.2) is 4.39 Å². The standard InChI is InChI=1S/C22H17ClFN3/c23-21-8-5-17(24)11-16(21)14-26-19-6-4-15-13-27-22(20(15)12-19)9-7-18-3-1-2-10-25-18/h1-12,26H,13-14H2/b9-7+. The zero-order valence-electron chi connectivity index (χ0n) is 14.5. The van der Waals surface area contributed by atoms with E-state index in [4.69, 9.17) is 11.6 Å². The number of pyridine rings is 1. The van der Waals surface area contributed by atoms with Crippen molar-refractivity contribution >= 4 is 29.1 Å². The van der Waals surface area contributed by atoms with E-state index in [9.17, 15) is 4.39 Å². The SMILES string of the molecule is Fc1ccc(Cl)c(CNc2ccc3c(c2)C(/C=C/c2ccccn2)=NC3)c1. The predicted molar refractivity (Wildman–Crippen MR) is 109 cm³/mol. The fourth-order valence-electron chi connectivity index (χ4n) is 2.98. The van der Waals surface area contributed by atoms with E-state index in [-0.39, 0.29) is 5.82 Å². The number of anilines is 1. The fraction of sp³-hybridized carbons (Fsp3) is 0.0909. The Labute approximate surface area is 162 Å². The Morgan fingerprint density at radius 3 is 2.85 bits per heavy atom. The third-order valence-corrected chi connectivity index (χ3v) is 4.76. The summed E-state index contributed by atoms with van der Waals surface area (Å²) >= 11 is 6.14. The molecule has 0 atom stereocenters. The smallest absolute Gasteiger partial charge is 0.123 e. The van der Waals surface area contributed by atoms with Gasteiger partial charge in [0.05, 0.1) is 18.0 Å². The maximum absolute atomic E-state index is 13.4. The van der Waals surface area contributed by atoms with Crippen LogP contribution in [0.5, 0.6) is 0 Å². The number of halogens is 2. The van der Waals surface area contributed by atoms with Crippen molar-refractivity contribution in [1.82, 2.24) is 4.98 Å². The van der Waals surface area contributed by atoms with Crippen LogP contribution in [0, 0.1) is 5.82 Å². The molecular formula is C22H17ClFN3. The summed E-state index contributed by atoms with van der Waals surface area (Å²) in [5, 5.41) is 3.86. The van der Waals surface area contributed by atoms with Gasteiger partial charge in [-0.15, -0.1) is 0 Å². The van der Waals surface area contributed by atoms with E-state index >= 15 is 0 Å². The molecule has 3 nitrogen and oxygen atoms in total. The van der Waals surface area contributed by atoms with Crippen molar-refractivity contribution in [3.63, 3.8) is 0 Å². The Hall–Kier alpha value is -2.98. The maximum Gasteiger partial charge on any atom is 0.123 e. The molecule has 1 aliphatic rings. The Kier molecular flexibility index (Phi) is 4.99. The molecule has 0 amide bonds. The van der Waals surface area contributed by atoms with Crippen LogP contribution in [0.25, 0.3) is 6.08 Å². The molecule has 27 heavy (non-hydrogen) atoms. The molecule has 0 spiro atoms. The monoisotopic (exact) mass is 377 g/mol. The van der Waals surface area contributed by atoms with Gasteiger partial charge in [-0.05, 0) is 65.7 Å². The molecular weight excluding hydrogens is 361 g/mol. The largest absolute Gasteiger partial charge is 0.381 e. The van der Waals surface area contributed by atoms with Gasteiger partial charge in [0.15, 0.2) is 0 Å². The number of rotatable bonds is 5. The highest BCUT2D eigenvalue weighted by atomic mass is 35.5. The lowest BCUT2D eigenvalue weighted by Gasteiger charge is -2.10. The zero-order chi connectivity index (χ0) is 18.6. The Morgan fingerprint density at radius 1 is 1.07 bits per heavy atom. The first-order chi connectivity index (χ1) is 13.2. The van der Waals surface area contributed by atoms with Crippen LogP contribution in [0.4, 0.5) is 10.1 Å². The van der Waals surface area contributed by atoms with E-state index in [1.54, 1.807) is 12.3 Å². The summed E-state index contributed by atoms with van der Waals surface area (Å²) in [6, 6.07) is 16.3. The van der Waals surface area contributed by atoms with Crippen molar-refractivity contribution < 1.29 is 4.39 Å². The number of aromatic nitrogens is 1. The number of hydrogen-bond donors (Lipinski definition) is 1. The highest BCUT2D eigenvalue weighted by Gasteiger charge is 2.14. The summed E-state index contributed by atoms with van der Waals surface area (Å²) in [7, 11) is 0. The van der Waals surface area contributed by atoms with Gasteiger partial charge >= 0.3 is 0 Å². The number of hydrogen-bond acceptors (Lipinski definition) is 3. The fourth-order valence-corrected chi connectivity index (χ4v) is 3.16. The summed E-state index contributed by atoms with van der Waals surface area (Å²) in [6.45, 7) is 1.12. The molecule has 3 aromatic rings. The molecule has 1 N–H and O–H groups in total. The molecule has 2 heterocycles. The molecule has 0 saturated heterocycles. The molecule has 0 aliphatic carbocycles. The van der Waals surface area contributed by atoms with Crippen LogP contribution in [-0.2, 0) is 13.1 Å². The molecule has 1 aliphatic heterocycles. The highest BCUT2D eigenvalue weighted by molar-refractivity contribution is 6.31. The van der Waals surface area contributed by atoms with Gasteiger partial charge in [0.25, 0.3) is 0 Å². The molecule has 0 saturated carbocycles. The molecule has 0 fully saturated rings. The highest BCUT2D eigenvalue weighted by Crippen LogP contribution is 2.25. The van der Waals surface area contributed by atoms with Gasteiger partial charge in [0, 0.05) is 29.0 Å². The third kappa shape index (κ3) is 4.07. The van der Waals surface area contributed by atoms with Crippen molar-refractivity contribution in [3.8, 4) is 0 Å². The van der Waals surface area contributed by atoms with E-state index in [1.165, 1.54) is 17.7 Å². The minimum Gasteiger partial charge on any atom is -0.381 e. The minimum absolute atomic E-state index is 0.292. The summed E-state index contributed by atoms with van der Waals surface area (Å²) < 4.78 is 13.4. The van der Waals surface area contributed by atoms with E-state index in [2.05, 4.69) is 27.4 Å². The molecule has 0 radical (unpaired) electrons. The summed E-state index contributed by atoms with van der Waals surface area (Å²) in [5.41, 5.74) is 5.77. The third-order valence-electron chi connectivity index (χ3n) is 4.40. The molecule has 2 aromatic carbocycles. The normalized spacial score (nSPS) is 12.9. The van der Waals surface area contributed by atoms with Gasteiger partial charge in [0.2, 0.25) is 0 Å². The average Bonchev–Trinajstić information content (AvgIpc) is 3.10. The second-order valence-corrected chi connectivity index (χ2v) is 6.66. The van der Waals surface area contributed by atoms with Crippen molar-refractivity contribution in [2.24, 2.45) is 4.99 Å². The molecule has 0 bridgehead atoms. The van der Waals surface area contributed by atoms with Crippen LogP contribution in [0.15, 0.2) is 71.9 Å². The Morgan fingerprint density at radius 2 is 2.00 bits per heavy atom. The molecule has 5 heteroatoms. The summed E-state index contributed by atoms with van der Waals surface area (Å²) in [6.07, 6.45) is 5.71. The first kappa shape index (κ1) is 17.4. The summed E-state index contributed by atoms with van der Waals surface area (Å²) in [5.74, 6) is -0.292. The van der Waals surface area contributed by atoms with Gasteiger partial charge in [-0.2, -0.15) is 0 Å². The van der Waals surface area contributed by atoms with Crippen molar-refractivity contribution in [2.75, 3.05) is 5.32 Å². The number of aliphatic imine (C=N–C) groups is 1. The lowest BCUT2D eigenvalue weighted by Crippen LogP contribution is -2.02. The Balaban J connectivity index is 1.51. The zero-order valence-corrected chi connectivity index (χ0v) is 15.2. The van der Waals surface area contributed by atoms with E-state index < -0.39 is 0 Å². The van der Waals surface area contributed by atoms with E-state index in [1.807, 2.05) is 36.4 Å². The molecule has 0 unspecified atom stereocenters. The predicted octanol–water partition coefficient (Wildman–Crippen LogP) is 5.50. The topological polar surface area (TPSA) is 37.3 Å². The van der Waals surface area contributed by atoms with Gasteiger partial charge in [-0.3, -0.25) is 9.98 Å². The van der Waals surface area contributed by atoms with E-state index in [0.717, 1.165) is 28.2 Å². The van der Waals surface area contributed by atoms with E-state index in [0.29, 0.717) is 18.1 Å². The van der Waals surface area contributed by atoms with Crippen LogP contribution in [0.3, 0.4) is 0 Å². The number of nitrogens with zero attached hydrogens (tertiary/aromatic N) is 2. The molecule has 4 rings (SSSR count). The number of benzene rings is 2. The molecule has 1 aromatic heterocycles. The van der Waals surface area contributed by atoms with Crippen LogP contribution < -0.4 is 5.32 Å². The van der Waals surface area contributed by atoms with Crippen molar-refractivity contribution in [2.45, 2.75) is 13.1 Å². The average molecular weight is 378 g/mol. The first-order valence-electron chi connectivity index (χ1n) is 8.64. The van der Waals surface area contributed by atoms with Crippen LogP contribution in [-0.4, -0.2) is 10.7 Å². The maximum atomic E-state index is 13.4. The molecule has 134 valence electrons. The second-order valence-electron chi connectivity index (χ2n) is 6.25.